The van der Waals surface area contributed by atoms with Crippen LogP contribution in [0, 0.1) is 5.92 Å². The van der Waals surface area contributed by atoms with Crippen LogP contribution < -0.4 is 4.90 Å². The molecule has 0 aromatic heterocycles. The fourth-order valence-electron chi connectivity index (χ4n) is 2.56. The molecule has 1 amide bonds. The fraction of sp³-hybridized carbons (Fsp3) is 0.467. The molecule has 1 aliphatic carbocycles. The maximum atomic E-state index is 12.5. The van der Waals surface area contributed by atoms with Gasteiger partial charge < -0.3 is 4.74 Å². The zero-order chi connectivity index (χ0) is 14.3. The maximum absolute atomic E-state index is 12.5. The Kier molecular flexibility index (Phi) is 3.42. The van der Waals surface area contributed by atoms with E-state index in [0.29, 0.717) is 17.1 Å². The van der Waals surface area contributed by atoms with Crippen molar-refractivity contribution < 1.29 is 14.3 Å². The normalized spacial score (nSPS) is 25.4. The van der Waals surface area contributed by atoms with Crippen molar-refractivity contribution in [1.29, 1.82) is 0 Å². The van der Waals surface area contributed by atoms with Crippen LogP contribution in [0.2, 0.25) is 5.02 Å². The molecule has 0 bridgehead atoms. The van der Waals surface area contributed by atoms with E-state index in [0.717, 1.165) is 12.8 Å². The first-order valence-electron chi connectivity index (χ1n) is 6.85. The van der Waals surface area contributed by atoms with Crippen molar-refractivity contribution in [3.05, 3.63) is 29.3 Å². The summed E-state index contributed by atoms with van der Waals surface area (Å²) in [6, 6.07) is 6.53. The van der Waals surface area contributed by atoms with Gasteiger partial charge in [0, 0.05) is 23.0 Å². The van der Waals surface area contributed by atoms with Gasteiger partial charge in [0.2, 0.25) is 5.91 Å². The van der Waals surface area contributed by atoms with Gasteiger partial charge in [0.15, 0.2) is 0 Å². The van der Waals surface area contributed by atoms with Gasteiger partial charge in [-0.2, -0.15) is 0 Å². The first-order chi connectivity index (χ1) is 9.56. The van der Waals surface area contributed by atoms with Crippen LogP contribution in [0.1, 0.15) is 26.2 Å². The summed E-state index contributed by atoms with van der Waals surface area (Å²) in [5, 5.41) is 0.551. The number of carbonyl (C=O) groups is 2. The highest BCUT2D eigenvalue weighted by Gasteiger charge is 2.43. The molecule has 2 fully saturated rings. The molecule has 1 saturated carbocycles. The van der Waals surface area contributed by atoms with Gasteiger partial charge in [0.1, 0.15) is 12.1 Å². The van der Waals surface area contributed by atoms with Crippen LogP contribution in [0.15, 0.2) is 24.3 Å². The number of anilines is 1. The SMILES string of the molecule is CC1CC(N(C(=O)C2CC2)c2cccc(Cl)c2)C(=O)O1. The number of hydrogen-bond acceptors (Lipinski definition) is 3. The van der Waals surface area contributed by atoms with Crippen LogP contribution >= 0.6 is 11.6 Å². The zero-order valence-electron chi connectivity index (χ0n) is 11.2. The minimum atomic E-state index is -0.531. The fourth-order valence-corrected chi connectivity index (χ4v) is 2.74. The number of carbonyl (C=O) groups excluding carboxylic acids is 2. The number of amides is 1. The zero-order valence-corrected chi connectivity index (χ0v) is 12.0. The quantitative estimate of drug-likeness (QED) is 0.805. The van der Waals surface area contributed by atoms with Crippen molar-refractivity contribution in [3.63, 3.8) is 0 Å². The van der Waals surface area contributed by atoms with Gasteiger partial charge in [-0.1, -0.05) is 17.7 Å². The highest BCUT2D eigenvalue weighted by atomic mass is 35.5. The van der Waals surface area contributed by atoms with Gasteiger partial charge >= 0.3 is 5.97 Å². The summed E-state index contributed by atoms with van der Waals surface area (Å²) in [6.07, 6.45) is 2.17. The van der Waals surface area contributed by atoms with E-state index in [4.69, 9.17) is 16.3 Å². The second kappa shape index (κ2) is 5.09. The Morgan fingerprint density at radius 2 is 2.15 bits per heavy atom. The largest absolute Gasteiger partial charge is 0.461 e. The molecule has 2 atom stereocenters. The molecule has 2 aliphatic rings. The summed E-state index contributed by atoms with van der Waals surface area (Å²) >= 11 is 6.01. The Hall–Kier alpha value is -1.55. The number of ether oxygens (including phenoxy) is 1. The molecule has 4 nitrogen and oxygen atoms in total. The lowest BCUT2D eigenvalue weighted by Crippen LogP contribution is -2.44. The molecule has 2 unspecified atom stereocenters. The van der Waals surface area contributed by atoms with Gasteiger partial charge in [-0.15, -0.1) is 0 Å². The van der Waals surface area contributed by atoms with E-state index >= 15 is 0 Å². The highest BCUT2D eigenvalue weighted by Crippen LogP contribution is 2.36. The summed E-state index contributed by atoms with van der Waals surface area (Å²) in [5.41, 5.74) is 0.672. The number of rotatable bonds is 3. The van der Waals surface area contributed by atoms with Gasteiger partial charge in [-0.25, -0.2) is 4.79 Å². The topological polar surface area (TPSA) is 46.6 Å². The number of hydrogen-bond donors (Lipinski definition) is 0. The van der Waals surface area contributed by atoms with Crippen LogP contribution in [0.4, 0.5) is 5.69 Å². The van der Waals surface area contributed by atoms with Crippen LogP contribution in [0.5, 0.6) is 0 Å². The minimum absolute atomic E-state index is 0.00307. The Morgan fingerprint density at radius 3 is 2.70 bits per heavy atom. The van der Waals surface area contributed by atoms with E-state index in [-0.39, 0.29) is 23.9 Å². The summed E-state index contributed by atoms with van der Waals surface area (Å²) in [4.78, 5) is 26.1. The molecule has 1 aromatic carbocycles. The summed E-state index contributed by atoms with van der Waals surface area (Å²) in [5.74, 6) is -0.285. The second-order valence-corrected chi connectivity index (χ2v) is 5.90. The predicted molar refractivity (Wildman–Crippen MR) is 75.6 cm³/mol. The molecule has 0 spiro atoms. The smallest absolute Gasteiger partial charge is 0.329 e. The third-order valence-corrected chi connectivity index (χ3v) is 3.94. The number of halogens is 1. The van der Waals surface area contributed by atoms with Crippen LogP contribution in [0.3, 0.4) is 0 Å². The van der Waals surface area contributed by atoms with Gasteiger partial charge in [0.25, 0.3) is 0 Å². The first kappa shape index (κ1) is 13.4. The summed E-state index contributed by atoms with van der Waals surface area (Å²) in [6.45, 7) is 1.84. The van der Waals surface area contributed by atoms with Crippen molar-refractivity contribution in [2.45, 2.75) is 38.3 Å². The molecule has 1 heterocycles. The van der Waals surface area contributed by atoms with Gasteiger partial charge in [-0.3, -0.25) is 9.69 Å². The molecular weight excluding hydrogens is 278 g/mol. The standard InChI is InChI=1S/C15H16ClNO3/c1-9-7-13(15(19)20-9)17(14(18)10-5-6-10)12-4-2-3-11(16)8-12/h2-4,8-10,13H,5-7H2,1H3. The molecule has 20 heavy (non-hydrogen) atoms. The molecular formula is C15H16ClNO3. The second-order valence-electron chi connectivity index (χ2n) is 5.46. The lowest BCUT2D eigenvalue weighted by Gasteiger charge is -2.27. The lowest BCUT2D eigenvalue weighted by atomic mass is 10.1. The van der Waals surface area contributed by atoms with Crippen molar-refractivity contribution in [3.8, 4) is 0 Å². The Bertz CT molecular complexity index is 556. The monoisotopic (exact) mass is 293 g/mol. The highest BCUT2D eigenvalue weighted by molar-refractivity contribution is 6.31. The molecule has 5 heteroatoms. The van der Waals surface area contributed by atoms with E-state index in [9.17, 15) is 9.59 Å². The Morgan fingerprint density at radius 1 is 1.40 bits per heavy atom. The van der Waals surface area contributed by atoms with E-state index in [2.05, 4.69) is 0 Å². The maximum Gasteiger partial charge on any atom is 0.329 e. The molecule has 1 saturated heterocycles. The predicted octanol–water partition coefficient (Wildman–Crippen LogP) is 2.79. The molecule has 3 rings (SSSR count). The van der Waals surface area contributed by atoms with Crippen molar-refractivity contribution in [2.24, 2.45) is 5.92 Å². The van der Waals surface area contributed by atoms with Crippen LogP contribution in [-0.2, 0) is 14.3 Å². The third-order valence-electron chi connectivity index (χ3n) is 3.71. The van der Waals surface area contributed by atoms with Gasteiger partial charge in [0.05, 0.1) is 0 Å². The number of cyclic esters (lactones) is 1. The first-order valence-corrected chi connectivity index (χ1v) is 7.23. The van der Waals surface area contributed by atoms with Crippen molar-refractivity contribution >= 4 is 29.2 Å². The van der Waals surface area contributed by atoms with Crippen molar-refractivity contribution in [2.75, 3.05) is 4.90 Å². The van der Waals surface area contributed by atoms with E-state index in [1.807, 2.05) is 13.0 Å². The third kappa shape index (κ3) is 2.52. The average Bonchev–Trinajstić information content (AvgIpc) is 3.17. The van der Waals surface area contributed by atoms with Gasteiger partial charge in [-0.05, 0) is 38.0 Å². The summed E-state index contributed by atoms with van der Waals surface area (Å²) in [7, 11) is 0. The molecule has 1 aliphatic heterocycles. The van der Waals surface area contributed by atoms with Crippen LogP contribution in [0.25, 0.3) is 0 Å². The minimum Gasteiger partial charge on any atom is -0.461 e. The number of nitrogens with zero attached hydrogens (tertiary/aromatic N) is 1. The van der Waals surface area contributed by atoms with E-state index < -0.39 is 6.04 Å². The molecule has 106 valence electrons. The molecule has 0 N–H and O–H groups in total. The molecule has 0 radical (unpaired) electrons. The van der Waals surface area contributed by atoms with Crippen LogP contribution in [-0.4, -0.2) is 24.0 Å². The lowest BCUT2D eigenvalue weighted by molar-refractivity contribution is -0.142. The summed E-state index contributed by atoms with van der Waals surface area (Å²) < 4.78 is 5.19. The number of benzene rings is 1. The van der Waals surface area contributed by atoms with Crippen molar-refractivity contribution in [1.82, 2.24) is 0 Å². The Labute approximate surface area is 122 Å². The Balaban J connectivity index is 1.95. The number of esters is 1. The average molecular weight is 294 g/mol. The van der Waals surface area contributed by atoms with E-state index in [1.165, 1.54) is 0 Å². The van der Waals surface area contributed by atoms with E-state index in [1.54, 1.807) is 23.1 Å². The molecule has 1 aromatic rings.